The predicted octanol–water partition coefficient (Wildman–Crippen LogP) is 1.67. The molecule has 5 amide bonds. The van der Waals surface area contributed by atoms with Crippen LogP contribution in [0.2, 0.25) is 0 Å². The molecule has 0 spiro atoms. The summed E-state index contributed by atoms with van der Waals surface area (Å²) in [6.07, 6.45) is 0. The molecule has 31 heavy (non-hydrogen) atoms. The molecule has 0 bridgehead atoms. The third-order valence-electron chi connectivity index (χ3n) is 4.99. The molecule has 0 saturated carbocycles. The van der Waals surface area contributed by atoms with Gasteiger partial charge in [0.05, 0.1) is 11.6 Å². The molecule has 0 radical (unpaired) electrons. The van der Waals surface area contributed by atoms with Gasteiger partial charge in [-0.15, -0.1) is 0 Å². The van der Waals surface area contributed by atoms with E-state index in [-0.39, 0.29) is 5.91 Å². The van der Waals surface area contributed by atoms with Gasteiger partial charge in [0.2, 0.25) is 5.91 Å². The molecule has 1 saturated heterocycles. The molecule has 0 unspecified atom stereocenters. The van der Waals surface area contributed by atoms with Gasteiger partial charge < -0.3 is 15.5 Å². The molecule has 1 aliphatic heterocycles. The van der Waals surface area contributed by atoms with E-state index < -0.39 is 29.9 Å². The van der Waals surface area contributed by atoms with Gasteiger partial charge in [0.1, 0.15) is 12.1 Å². The number of imide groups is 1. The standard InChI is InChI=1S/C22H21N5O4/c1-22(16-8-4-14(12-23)5-9-16)20(30)27(21(31)25-22)13-18(28)24-17-10-6-15(7-11-17)19(29)26(2)3/h4-11H,13H2,1-3H3,(H,24,28)(H,25,31)/t22-/m1/s1. The van der Waals surface area contributed by atoms with E-state index >= 15 is 0 Å². The van der Waals surface area contributed by atoms with Crippen LogP contribution in [0.25, 0.3) is 0 Å². The van der Waals surface area contributed by atoms with Crippen LogP contribution < -0.4 is 10.6 Å². The highest BCUT2D eigenvalue weighted by Gasteiger charge is 2.49. The van der Waals surface area contributed by atoms with Crippen LogP contribution in [0.15, 0.2) is 48.5 Å². The number of hydrogen-bond acceptors (Lipinski definition) is 5. The molecule has 2 aromatic rings. The second-order valence-corrected chi connectivity index (χ2v) is 7.46. The summed E-state index contributed by atoms with van der Waals surface area (Å²) >= 11 is 0. The van der Waals surface area contributed by atoms with Crippen molar-refractivity contribution in [3.8, 4) is 6.07 Å². The van der Waals surface area contributed by atoms with Crippen molar-refractivity contribution in [1.82, 2.24) is 15.1 Å². The van der Waals surface area contributed by atoms with E-state index in [9.17, 15) is 19.2 Å². The maximum Gasteiger partial charge on any atom is 0.325 e. The van der Waals surface area contributed by atoms with Crippen molar-refractivity contribution in [2.75, 3.05) is 26.0 Å². The van der Waals surface area contributed by atoms with E-state index in [1.54, 1.807) is 69.6 Å². The van der Waals surface area contributed by atoms with E-state index in [0.717, 1.165) is 4.90 Å². The summed E-state index contributed by atoms with van der Waals surface area (Å²) in [5.74, 6) is -1.29. The zero-order valence-corrected chi connectivity index (χ0v) is 17.3. The number of urea groups is 1. The average molecular weight is 419 g/mol. The monoisotopic (exact) mass is 419 g/mol. The van der Waals surface area contributed by atoms with E-state index in [4.69, 9.17) is 5.26 Å². The predicted molar refractivity (Wildman–Crippen MR) is 112 cm³/mol. The second-order valence-electron chi connectivity index (χ2n) is 7.46. The Balaban J connectivity index is 1.68. The van der Waals surface area contributed by atoms with E-state index in [2.05, 4.69) is 10.6 Å². The molecule has 0 aliphatic carbocycles. The van der Waals surface area contributed by atoms with Crippen LogP contribution in [0.1, 0.15) is 28.4 Å². The first kappa shape index (κ1) is 21.5. The number of carbonyl (C=O) groups excluding carboxylic acids is 4. The van der Waals surface area contributed by atoms with Crippen LogP contribution in [0.3, 0.4) is 0 Å². The Labute approximate surface area is 179 Å². The quantitative estimate of drug-likeness (QED) is 0.714. The van der Waals surface area contributed by atoms with Crippen LogP contribution in [0, 0.1) is 11.3 Å². The maximum atomic E-state index is 12.9. The van der Waals surface area contributed by atoms with Crippen molar-refractivity contribution in [3.05, 3.63) is 65.2 Å². The third-order valence-corrected chi connectivity index (χ3v) is 4.99. The zero-order valence-electron chi connectivity index (χ0n) is 17.3. The Hall–Kier alpha value is -4.19. The van der Waals surface area contributed by atoms with Gasteiger partial charge in [0.15, 0.2) is 0 Å². The number of rotatable bonds is 5. The van der Waals surface area contributed by atoms with E-state index in [1.165, 1.54) is 4.90 Å². The first-order chi connectivity index (χ1) is 14.7. The fraction of sp³-hybridized carbons (Fsp3) is 0.227. The summed E-state index contributed by atoms with van der Waals surface area (Å²) in [4.78, 5) is 51.9. The first-order valence-corrected chi connectivity index (χ1v) is 9.42. The zero-order chi connectivity index (χ0) is 22.8. The number of nitrogens with zero attached hydrogens (tertiary/aromatic N) is 3. The molecule has 3 rings (SSSR count). The summed E-state index contributed by atoms with van der Waals surface area (Å²) in [5.41, 5.74) is 0.504. The van der Waals surface area contributed by atoms with Gasteiger partial charge in [0.25, 0.3) is 11.8 Å². The molecule has 1 atom stereocenters. The van der Waals surface area contributed by atoms with Crippen LogP contribution in [0.5, 0.6) is 0 Å². The van der Waals surface area contributed by atoms with Crippen molar-refractivity contribution < 1.29 is 19.2 Å². The highest BCUT2D eigenvalue weighted by atomic mass is 16.2. The molecule has 1 heterocycles. The number of benzene rings is 2. The Kier molecular flexibility index (Phi) is 5.75. The normalized spacial score (nSPS) is 17.7. The minimum absolute atomic E-state index is 0.167. The molecule has 158 valence electrons. The van der Waals surface area contributed by atoms with Crippen LogP contribution >= 0.6 is 0 Å². The third kappa shape index (κ3) is 4.23. The minimum atomic E-state index is -1.33. The number of anilines is 1. The number of nitrogens with one attached hydrogen (secondary N) is 2. The lowest BCUT2D eigenvalue weighted by Gasteiger charge is -2.22. The smallest absolute Gasteiger partial charge is 0.325 e. The molecule has 2 aromatic carbocycles. The first-order valence-electron chi connectivity index (χ1n) is 9.42. The van der Waals surface area contributed by atoms with Gasteiger partial charge in [-0.2, -0.15) is 5.26 Å². The molecule has 2 N–H and O–H groups in total. The number of hydrogen-bond donors (Lipinski definition) is 2. The van der Waals surface area contributed by atoms with Gasteiger partial charge in [-0.1, -0.05) is 12.1 Å². The van der Waals surface area contributed by atoms with Gasteiger partial charge in [-0.25, -0.2) is 4.79 Å². The summed E-state index contributed by atoms with van der Waals surface area (Å²) in [7, 11) is 3.28. The molecule has 1 aliphatic rings. The molecular formula is C22H21N5O4. The summed E-state index contributed by atoms with van der Waals surface area (Å²) in [6, 6.07) is 13.9. The van der Waals surface area contributed by atoms with Crippen molar-refractivity contribution in [2.24, 2.45) is 0 Å². The minimum Gasteiger partial charge on any atom is -0.345 e. The van der Waals surface area contributed by atoms with Crippen molar-refractivity contribution in [2.45, 2.75) is 12.5 Å². The molecule has 9 nitrogen and oxygen atoms in total. The van der Waals surface area contributed by atoms with Gasteiger partial charge in [-0.3, -0.25) is 19.3 Å². The molecule has 9 heteroatoms. The fourth-order valence-corrected chi connectivity index (χ4v) is 3.21. The fourth-order valence-electron chi connectivity index (χ4n) is 3.21. The average Bonchev–Trinajstić information content (AvgIpc) is 2.97. The van der Waals surface area contributed by atoms with Gasteiger partial charge in [-0.05, 0) is 48.9 Å². The molecular weight excluding hydrogens is 398 g/mol. The summed E-state index contributed by atoms with van der Waals surface area (Å²) in [5, 5.41) is 14.2. The van der Waals surface area contributed by atoms with Crippen molar-refractivity contribution >= 4 is 29.4 Å². The molecule has 0 aromatic heterocycles. The van der Waals surface area contributed by atoms with Crippen LogP contribution in [-0.4, -0.2) is 54.2 Å². The Morgan fingerprint density at radius 3 is 2.26 bits per heavy atom. The Morgan fingerprint density at radius 1 is 1.10 bits per heavy atom. The van der Waals surface area contributed by atoms with Gasteiger partial charge >= 0.3 is 6.03 Å². The lowest BCUT2D eigenvalue weighted by atomic mass is 9.91. The number of carbonyl (C=O) groups is 4. The number of amides is 5. The van der Waals surface area contributed by atoms with E-state index in [1.807, 2.05) is 6.07 Å². The molecule has 1 fully saturated rings. The van der Waals surface area contributed by atoms with Gasteiger partial charge in [0, 0.05) is 25.3 Å². The van der Waals surface area contributed by atoms with E-state index in [0.29, 0.717) is 22.4 Å². The van der Waals surface area contributed by atoms with Crippen LogP contribution in [0.4, 0.5) is 10.5 Å². The summed E-state index contributed by atoms with van der Waals surface area (Å²) < 4.78 is 0. The topological polar surface area (TPSA) is 123 Å². The lowest BCUT2D eigenvalue weighted by molar-refractivity contribution is -0.133. The van der Waals surface area contributed by atoms with Crippen molar-refractivity contribution in [1.29, 1.82) is 5.26 Å². The highest BCUT2D eigenvalue weighted by Crippen LogP contribution is 2.29. The van der Waals surface area contributed by atoms with Crippen LogP contribution in [-0.2, 0) is 15.1 Å². The lowest BCUT2D eigenvalue weighted by Crippen LogP contribution is -2.42. The highest BCUT2D eigenvalue weighted by molar-refractivity contribution is 6.10. The second kappa shape index (κ2) is 8.28. The Morgan fingerprint density at radius 2 is 1.71 bits per heavy atom. The Bertz CT molecular complexity index is 1090. The summed E-state index contributed by atoms with van der Waals surface area (Å²) in [6.45, 7) is 1.09. The SMILES string of the molecule is CN(C)C(=O)c1ccc(NC(=O)CN2C(=O)N[C@](C)(c3ccc(C#N)cc3)C2=O)cc1. The maximum absolute atomic E-state index is 12.9. The van der Waals surface area contributed by atoms with Crippen molar-refractivity contribution in [3.63, 3.8) is 0 Å². The largest absolute Gasteiger partial charge is 0.345 e. The number of nitriles is 1.